The summed E-state index contributed by atoms with van der Waals surface area (Å²) >= 11 is 1.01. The second-order valence-electron chi connectivity index (χ2n) is 3.85. The second kappa shape index (κ2) is 7.81. The van der Waals surface area contributed by atoms with E-state index in [2.05, 4.69) is 5.43 Å². The molecular formula is C11H17F3N2O2S. The van der Waals surface area contributed by atoms with Crippen LogP contribution in [0.5, 0.6) is 0 Å². The first-order valence-corrected chi connectivity index (χ1v) is 6.61. The molecule has 110 valence electrons. The fourth-order valence-electron chi connectivity index (χ4n) is 1.58. The van der Waals surface area contributed by atoms with Gasteiger partial charge in [-0.25, -0.2) is 0 Å². The van der Waals surface area contributed by atoms with Gasteiger partial charge in [0.2, 0.25) is 0 Å². The molecule has 1 atom stereocenters. The Labute approximate surface area is 113 Å². The van der Waals surface area contributed by atoms with Crippen molar-refractivity contribution in [2.75, 3.05) is 26.9 Å². The minimum atomic E-state index is -4.36. The largest absolute Gasteiger partial charge is 0.417 e. The molecule has 0 aliphatic heterocycles. The van der Waals surface area contributed by atoms with E-state index in [1.807, 2.05) is 0 Å². The number of hydrogen-bond donors (Lipinski definition) is 2. The maximum Gasteiger partial charge on any atom is 0.417 e. The number of hydrogen-bond acceptors (Lipinski definition) is 5. The van der Waals surface area contributed by atoms with Crippen LogP contribution in [-0.4, -0.2) is 26.9 Å². The summed E-state index contributed by atoms with van der Waals surface area (Å²) in [6, 6.07) is -0.578. The van der Waals surface area contributed by atoms with Crippen LogP contribution in [0.3, 0.4) is 0 Å². The number of thiophene rings is 1. The highest BCUT2D eigenvalue weighted by Gasteiger charge is 2.35. The lowest BCUT2D eigenvalue weighted by atomic mass is 10.0. The molecule has 1 rings (SSSR count). The Kier molecular flexibility index (Phi) is 6.73. The molecule has 0 amide bonds. The third kappa shape index (κ3) is 5.07. The Hall–Kier alpha value is -0.670. The van der Waals surface area contributed by atoms with Gasteiger partial charge in [-0.05, 0) is 17.4 Å². The van der Waals surface area contributed by atoms with Crippen LogP contribution in [0.1, 0.15) is 23.6 Å². The number of nitrogens with two attached hydrogens (primary N) is 1. The SMILES string of the molecule is COCCOCCC(NN)c1cscc1C(F)(F)F. The van der Waals surface area contributed by atoms with Gasteiger partial charge in [0.25, 0.3) is 0 Å². The van der Waals surface area contributed by atoms with E-state index in [1.54, 1.807) is 7.11 Å². The summed E-state index contributed by atoms with van der Waals surface area (Å²) in [5.74, 6) is 5.32. The average molecular weight is 298 g/mol. The van der Waals surface area contributed by atoms with E-state index in [1.165, 1.54) is 5.38 Å². The smallest absolute Gasteiger partial charge is 0.382 e. The van der Waals surface area contributed by atoms with Crippen LogP contribution in [-0.2, 0) is 15.7 Å². The molecule has 0 fully saturated rings. The average Bonchev–Trinajstić information content (AvgIpc) is 2.82. The molecule has 1 aromatic heterocycles. The van der Waals surface area contributed by atoms with Crippen molar-refractivity contribution in [2.45, 2.75) is 18.6 Å². The highest BCUT2D eigenvalue weighted by molar-refractivity contribution is 7.08. The highest BCUT2D eigenvalue weighted by Crippen LogP contribution is 2.37. The van der Waals surface area contributed by atoms with Gasteiger partial charge < -0.3 is 9.47 Å². The number of rotatable bonds is 8. The number of halogens is 3. The van der Waals surface area contributed by atoms with Gasteiger partial charge in [-0.2, -0.15) is 24.5 Å². The molecule has 0 aliphatic rings. The molecule has 8 heteroatoms. The number of ether oxygens (including phenoxy) is 2. The molecule has 3 N–H and O–H groups in total. The molecule has 0 saturated carbocycles. The van der Waals surface area contributed by atoms with Crippen molar-refractivity contribution in [1.82, 2.24) is 5.43 Å². The van der Waals surface area contributed by atoms with Crippen molar-refractivity contribution in [3.63, 3.8) is 0 Å². The maximum absolute atomic E-state index is 12.8. The Bertz CT molecular complexity index is 371. The van der Waals surface area contributed by atoms with E-state index < -0.39 is 17.8 Å². The number of nitrogens with one attached hydrogen (secondary N) is 1. The van der Waals surface area contributed by atoms with Gasteiger partial charge >= 0.3 is 6.18 Å². The first-order valence-electron chi connectivity index (χ1n) is 5.66. The molecular weight excluding hydrogens is 281 g/mol. The van der Waals surface area contributed by atoms with Gasteiger partial charge in [-0.1, -0.05) is 0 Å². The Morgan fingerprint density at radius 3 is 2.63 bits per heavy atom. The first kappa shape index (κ1) is 16.4. The van der Waals surface area contributed by atoms with Crippen molar-refractivity contribution in [1.29, 1.82) is 0 Å². The summed E-state index contributed by atoms with van der Waals surface area (Å²) in [6.07, 6.45) is -4.00. The molecule has 1 unspecified atom stereocenters. The van der Waals surface area contributed by atoms with Crippen molar-refractivity contribution in [2.24, 2.45) is 5.84 Å². The summed E-state index contributed by atoms with van der Waals surface area (Å²) in [5, 5.41) is 2.55. The fraction of sp³-hybridized carbons (Fsp3) is 0.636. The quantitative estimate of drug-likeness (QED) is 0.439. The zero-order valence-electron chi connectivity index (χ0n) is 10.5. The first-order chi connectivity index (χ1) is 9.00. The van der Waals surface area contributed by atoms with E-state index in [0.717, 1.165) is 16.7 Å². The lowest BCUT2D eigenvalue weighted by Gasteiger charge is -2.18. The van der Waals surface area contributed by atoms with Crippen LogP contribution in [0.15, 0.2) is 10.8 Å². The van der Waals surface area contributed by atoms with Crippen LogP contribution in [0, 0.1) is 0 Å². The molecule has 1 heterocycles. The van der Waals surface area contributed by atoms with Crippen molar-refractivity contribution in [3.05, 3.63) is 21.9 Å². The molecule has 1 aromatic rings. The van der Waals surface area contributed by atoms with E-state index in [9.17, 15) is 13.2 Å². The normalized spacial score (nSPS) is 13.7. The van der Waals surface area contributed by atoms with Crippen molar-refractivity contribution < 1.29 is 22.6 Å². The van der Waals surface area contributed by atoms with Crippen LogP contribution < -0.4 is 11.3 Å². The predicted octanol–water partition coefficient (Wildman–Crippen LogP) is 2.32. The van der Waals surface area contributed by atoms with E-state index in [-0.39, 0.29) is 5.56 Å². The zero-order valence-corrected chi connectivity index (χ0v) is 11.3. The van der Waals surface area contributed by atoms with Gasteiger partial charge in [-0.3, -0.25) is 11.3 Å². The summed E-state index contributed by atoms with van der Waals surface area (Å²) in [7, 11) is 1.55. The van der Waals surface area contributed by atoms with Gasteiger partial charge in [0.15, 0.2) is 0 Å². The van der Waals surface area contributed by atoms with E-state index in [0.29, 0.717) is 26.2 Å². The Morgan fingerprint density at radius 1 is 1.32 bits per heavy atom. The maximum atomic E-state index is 12.8. The Morgan fingerprint density at radius 2 is 2.05 bits per heavy atom. The van der Waals surface area contributed by atoms with Crippen LogP contribution in [0.4, 0.5) is 13.2 Å². The minimum absolute atomic E-state index is 0.162. The Balaban J connectivity index is 2.58. The molecule has 0 bridgehead atoms. The van der Waals surface area contributed by atoms with Gasteiger partial charge in [0.05, 0.1) is 18.8 Å². The summed E-state index contributed by atoms with van der Waals surface area (Å²) in [6.45, 7) is 1.17. The lowest BCUT2D eigenvalue weighted by molar-refractivity contribution is -0.138. The zero-order chi connectivity index (χ0) is 14.3. The summed E-state index contributed by atoms with van der Waals surface area (Å²) in [5.41, 5.74) is 1.92. The second-order valence-corrected chi connectivity index (χ2v) is 4.60. The highest BCUT2D eigenvalue weighted by atomic mass is 32.1. The molecule has 0 saturated heterocycles. The van der Waals surface area contributed by atoms with Crippen LogP contribution >= 0.6 is 11.3 Å². The van der Waals surface area contributed by atoms with Crippen molar-refractivity contribution >= 4 is 11.3 Å². The monoisotopic (exact) mass is 298 g/mol. The van der Waals surface area contributed by atoms with Crippen LogP contribution in [0.2, 0.25) is 0 Å². The lowest BCUT2D eigenvalue weighted by Crippen LogP contribution is -2.30. The summed E-state index contributed by atoms with van der Waals surface area (Å²) in [4.78, 5) is 0. The number of hydrazine groups is 1. The van der Waals surface area contributed by atoms with Gasteiger partial charge in [0, 0.05) is 25.1 Å². The van der Waals surface area contributed by atoms with Gasteiger partial charge in [0.1, 0.15) is 0 Å². The third-order valence-corrected chi connectivity index (χ3v) is 3.32. The topological polar surface area (TPSA) is 56.5 Å². The molecule has 0 aromatic carbocycles. The molecule has 0 radical (unpaired) electrons. The standard InChI is InChI=1S/C11H17F3N2O2S/c1-17-4-5-18-3-2-10(16-15)8-6-19-7-9(8)11(12,13)14/h6-7,10,16H,2-5,15H2,1H3. The minimum Gasteiger partial charge on any atom is -0.382 e. The number of methoxy groups -OCH3 is 1. The van der Waals surface area contributed by atoms with E-state index in [4.69, 9.17) is 15.3 Å². The van der Waals surface area contributed by atoms with E-state index >= 15 is 0 Å². The molecule has 19 heavy (non-hydrogen) atoms. The number of alkyl halides is 3. The molecule has 4 nitrogen and oxygen atoms in total. The summed E-state index contributed by atoms with van der Waals surface area (Å²) < 4.78 is 48.3. The predicted molar refractivity (Wildman–Crippen MR) is 66.7 cm³/mol. The molecule has 0 aliphatic carbocycles. The fourth-order valence-corrected chi connectivity index (χ4v) is 2.49. The van der Waals surface area contributed by atoms with Crippen molar-refractivity contribution in [3.8, 4) is 0 Å². The van der Waals surface area contributed by atoms with Gasteiger partial charge in [-0.15, -0.1) is 0 Å². The third-order valence-electron chi connectivity index (χ3n) is 2.56. The molecule has 0 spiro atoms. The van der Waals surface area contributed by atoms with Crippen LogP contribution in [0.25, 0.3) is 0 Å².